The molecule has 156 valence electrons. The molecular formula is C26H25N2O2S+. The zero-order valence-corrected chi connectivity index (χ0v) is 18.9. The Morgan fingerprint density at radius 2 is 1.74 bits per heavy atom. The lowest BCUT2D eigenvalue weighted by molar-refractivity contribution is 0.273. The van der Waals surface area contributed by atoms with E-state index in [2.05, 4.69) is 79.0 Å². The van der Waals surface area contributed by atoms with Crippen molar-refractivity contribution >= 4 is 23.0 Å². The van der Waals surface area contributed by atoms with Crippen LogP contribution in [0.2, 0.25) is 0 Å². The summed E-state index contributed by atoms with van der Waals surface area (Å²) in [7, 11) is 4.28. The van der Waals surface area contributed by atoms with Crippen LogP contribution in [0.5, 0.6) is 11.5 Å². The summed E-state index contributed by atoms with van der Waals surface area (Å²) in [6.45, 7) is 5.42. The van der Waals surface area contributed by atoms with E-state index < -0.39 is 0 Å². The van der Waals surface area contributed by atoms with Gasteiger partial charge in [0.25, 0.3) is 0 Å². The molecule has 0 radical (unpaired) electrons. The van der Waals surface area contributed by atoms with Crippen molar-refractivity contribution in [2.24, 2.45) is 0 Å². The zero-order valence-electron chi connectivity index (χ0n) is 18.1. The van der Waals surface area contributed by atoms with Gasteiger partial charge in [-0.25, -0.2) is 4.58 Å². The monoisotopic (exact) mass is 429 g/mol. The van der Waals surface area contributed by atoms with Gasteiger partial charge in [-0.2, -0.15) is 0 Å². The normalized spacial score (nSPS) is 16.5. The van der Waals surface area contributed by atoms with Crippen LogP contribution >= 0.6 is 11.8 Å². The standard InChI is InChI=1S/C26H25N2O2S/c1-16-6-4-5-7-17(16)22-18-8-10-20-23(29-14-12-27(20)2)25(18)31-26-19(22)9-11-21-24(26)30-15-13-28(21)3/h4-11H,12-15H2,1-3H3/q+1. The van der Waals surface area contributed by atoms with Crippen molar-refractivity contribution in [2.75, 3.05) is 45.3 Å². The molecule has 0 atom stereocenters. The largest absolute Gasteiger partial charge is 0.488 e. The molecule has 31 heavy (non-hydrogen) atoms. The highest BCUT2D eigenvalue weighted by molar-refractivity contribution is 7.99. The van der Waals surface area contributed by atoms with Crippen molar-refractivity contribution in [3.8, 4) is 11.5 Å². The third-order valence-corrected chi connectivity index (χ3v) is 7.73. The van der Waals surface area contributed by atoms with Crippen LogP contribution in [-0.4, -0.2) is 40.4 Å². The number of ether oxygens (including phenoxy) is 2. The van der Waals surface area contributed by atoms with Crippen molar-refractivity contribution in [1.82, 2.24) is 4.58 Å². The van der Waals surface area contributed by atoms with Gasteiger partial charge in [0.05, 0.1) is 22.0 Å². The van der Waals surface area contributed by atoms with E-state index >= 15 is 0 Å². The average Bonchev–Trinajstić information content (AvgIpc) is 2.78. The predicted octanol–water partition coefficient (Wildman–Crippen LogP) is 3.05. The summed E-state index contributed by atoms with van der Waals surface area (Å²) in [5, 5.41) is 2.40. The Balaban J connectivity index is 1.75. The first-order valence-corrected chi connectivity index (χ1v) is 11.6. The van der Waals surface area contributed by atoms with Gasteiger partial charge in [-0.05, 0) is 35.8 Å². The van der Waals surface area contributed by atoms with Crippen molar-refractivity contribution in [3.63, 3.8) is 0 Å². The van der Waals surface area contributed by atoms with Crippen LogP contribution in [0.1, 0.15) is 16.7 Å². The highest BCUT2D eigenvalue weighted by atomic mass is 32.2. The second-order valence-electron chi connectivity index (χ2n) is 8.41. The molecule has 0 N–H and O–H groups in total. The third kappa shape index (κ3) is 2.79. The van der Waals surface area contributed by atoms with Gasteiger partial charge in [-0.1, -0.05) is 42.1 Å². The van der Waals surface area contributed by atoms with E-state index in [1.807, 2.05) is 0 Å². The molecule has 3 aliphatic rings. The minimum Gasteiger partial charge on any atom is -0.488 e. The van der Waals surface area contributed by atoms with Crippen LogP contribution in [0.4, 0.5) is 5.69 Å². The maximum atomic E-state index is 6.26. The number of aryl methyl sites for hydroxylation is 1. The SMILES string of the molecule is Cc1ccccc1C1=c2ccc3c(c2Sc2c1ccc1c2OCCN1C)OCC[N+]=3C. The van der Waals surface area contributed by atoms with Gasteiger partial charge in [0.1, 0.15) is 20.3 Å². The molecule has 0 aliphatic carbocycles. The first-order chi connectivity index (χ1) is 15.1. The molecule has 5 heteroatoms. The summed E-state index contributed by atoms with van der Waals surface area (Å²) in [4.78, 5) is 4.67. The van der Waals surface area contributed by atoms with Gasteiger partial charge in [-0.3, -0.25) is 0 Å². The lowest BCUT2D eigenvalue weighted by Gasteiger charge is -2.32. The molecule has 3 aromatic carbocycles. The predicted molar refractivity (Wildman–Crippen MR) is 125 cm³/mol. The van der Waals surface area contributed by atoms with Crippen LogP contribution in [0.3, 0.4) is 0 Å². The lowest BCUT2D eigenvalue weighted by Crippen LogP contribution is -2.38. The molecule has 3 aromatic rings. The molecule has 0 amide bonds. The van der Waals surface area contributed by atoms with E-state index in [1.54, 1.807) is 11.8 Å². The number of fused-ring (bicyclic) bond motifs is 6. The van der Waals surface area contributed by atoms with Crippen LogP contribution in [0.15, 0.2) is 58.3 Å². The van der Waals surface area contributed by atoms with E-state index in [0.717, 1.165) is 35.6 Å². The Kier molecular flexibility index (Phi) is 4.29. The van der Waals surface area contributed by atoms with Gasteiger partial charge >= 0.3 is 0 Å². The van der Waals surface area contributed by atoms with Gasteiger partial charge < -0.3 is 14.4 Å². The van der Waals surface area contributed by atoms with E-state index in [0.29, 0.717) is 13.2 Å². The number of hydrogen-bond donors (Lipinski definition) is 0. The molecule has 6 rings (SSSR count). The molecule has 0 fully saturated rings. The number of nitrogens with zero attached hydrogens (tertiary/aromatic N) is 2. The molecular weight excluding hydrogens is 404 g/mol. The number of hydrogen-bond acceptors (Lipinski definition) is 4. The van der Waals surface area contributed by atoms with Crippen LogP contribution < -0.4 is 29.5 Å². The molecule has 4 nitrogen and oxygen atoms in total. The fourth-order valence-electron chi connectivity index (χ4n) is 4.78. The van der Waals surface area contributed by atoms with Crippen molar-refractivity contribution < 1.29 is 9.47 Å². The summed E-state index contributed by atoms with van der Waals surface area (Å²) in [6.07, 6.45) is 0. The van der Waals surface area contributed by atoms with Crippen molar-refractivity contribution in [1.29, 1.82) is 0 Å². The summed E-state index contributed by atoms with van der Waals surface area (Å²) in [6, 6.07) is 17.6. The van der Waals surface area contributed by atoms with Crippen molar-refractivity contribution in [2.45, 2.75) is 16.7 Å². The second-order valence-corrected chi connectivity index (χ2v) is 9.43. The van der Waals surface area contributed by atoms with Gasteiger partial charge in [0.15, 0.2) is 12.3 Å². The topological polar surface area (TPSA) is 24.7 Å². The van der Waals surface area contributed by atoms with Crippen LogP contribution in [0.25, 0.3) is 5.57 Å². The van der Waals surface area contributed by atoms with E-state index in [9.17, 15) is 0 Å². The summed E-state index contributed by atoms with van der Waals surface area (Å²) >= 11 is 1.80. The Morgan fingerprint density at radius 3 is 2.61 bits per heavy atom. The summed E-state index contributed by atoms with van der Waals surface area (Å²) < 4.78 is 14.8. The van der Waals surface area contributed by atoms with E-state index in [-0.39, 0.29) is 0 Å². The molecule has 3 aliphatic heterocycles. The third-order valence-electron chi connectivity index (χ3n) is 6.51. The quantitative estimate of drug-likeness (QED) is 0.434. The molecule has 0 aromatic heterocycles. The number of benzene rings is 3. The van der Waals surface area contributed by atoms with E-state index in [1.165, 1.54) is 37.3 Å². The molecule has 0 bridgehead atoms. The minimum absolute atomic E-state index is 0.708. The fraction of sp³-hybridized carbons (Fsp3) is 0.269. The van der Waals surface area contributed by atoms with Crippen molar-refractivity contribution in [3.05, 3.63) is 75.8 Å². The molecule has 0 saturated carbocycles. The number of likely N-dealkylation sites (N-methyl/N-ethyl adjacent to an activating group) is 2. The maximum Gasteiger partial charge on any atom is 0.243 e. The Labute approximate surface area is 186 Å². The first-order valence-electron chi connectivity index (χ1n) is 10.8. The molecule has 3 heterocycles. The number of rotatable bonds is 1. The summed E-state index contributed by atoms with van der Waals surface area (Å²) in [5.41, 5.74) is 6.20. The van der Waals surface area contributed by atoms with Crippen LogP contribution in [-0.2, 0) is 0 Å². The van der Waals surface area contributed by atoms with E-state index in [4.69, 9.17) is 9.47 Å². The Hall–Kier alpha value is -2.92. The Bertz CT molecular complexity index is 1360. The smallest absolute Gasteiger partial charge is 0.243 e. The fourth-order valence-corrected chi connectivity index (χ4v) is 6.06. The number of anilines is 1. The van der Waals surface area contributed by atoms with Gasteiger partial charge in [0.2, 0.25) is 11.1 Å². The lowest BCUT2D eigenvalue weighted by atomic mass is 9.91. The highest BCUT2D eigenvalue weighted by Gasteiger charge is 2.31. The van der Waals surface area contributed by atoms with Gasteiger partial charge in [-0.15, -0.1) is 0 Å². The summed E-state index contributed by atoms with van der Waals surface area (Å²) in [5.74, 6) is 1.99. The average molecular weight is 430 g/mol. The molecule has 0 saturated heterocycles. The Morgan fingerprint density at radius 1 is 0.903 bits per heavy atom. The van der Waals surface area contributed by atoms with Gasteiger partial charge in [0, 0.05) is 23.9 Å². The minimum atomic E-state index is 0.708. The highest BCUT2D eigenvalue weighted by Crippen LogP contribution is 2.50. The second kappa shape index (κ2) is 7.06. The zero-order chi connectivity index (χ0) is 21.1. The molecule has 0 unspecified atom stereocenters. The maximum absolute atomic E-state index is 6.26. The first kappa shape index (κ1) is 18.8. The molecule has 0 spiro atoms. The van der Waals surface area contributed by atoms with Crippen LogP contribution in [0, 0.1) is 6.92 Å².